The van der Waals surface area contributed by atoms with E-state index in [9.17, 15) is 17.6 Å². The van der Waals surface area contributed by atoms with E-state index in [1.807, 2.05) is 0 Å². The first kappa shape index (κ1) is 15.8. The summed E-state index contributed by atoms with van der Waals surface area (Å²) in [7, 11) is 1.19. The Morgan fingerprint density at radius 3 is 2.56 bits per heavy atom. The lowest BCUT2D eigenvalue weighted by Crippen LogP contribution is -2.11. The smallest absolute Gasteiger partial charge is 0.332 e. The molecular weight excluding hydrogens is 340 g/mol. The second kappa shape index (κ2) is 5.14. The van der Waals surface area contributed by atoms with Crippen LogP contribution in [0.3, 0.4) is 0 Å². The maximum absolute atomic E-state index is 13.5. The maximum atomic E-state index is 13.5. The van der Waals surface area contributed by atoms with Crippen molar-refractivity contribution in [3.05, 3.63) is 53.2 Å². The quantitative estimate of drug-likeness (QED) is 0.675. The Morgan fingerprint density at radius 1 is 1.20 bits per heavy atom. The average molecular weight is 352 g/mol. The number of hydrogen-bond donors (Lipinski definition) is 0. The average Bonchev–Trinajstić information content (AvgIpc) is 3.01. The van der Waals surface area contributed by atoms with Crippen molar-refractivity contribution in [2.45, 2.75) is 24.4 Å². The van der Waals surface area contributed by atoms with Gasteiger partial charge in [0.2, 0.25) is 0 Å². The lowest BCUT2D eigenvalue weighted by atomic mass is 9.95. The van der Waals surface area contributed by atoms with Gasteiger partial charge in [-0.2, -0.15) is 23.3 Å². The molecule has 0 N–H and O–H groups in total. The van der Waals surface area contributed by atoms with Crippen molar-refractivity contribution in [2.75, 3.05) is 0 Å². The van der Waals surface area contributed by atoms with E-state index in [0.717, 1.165) is 16.3 Å². The summed E-state index contributed by atoms with van der Waals surface area (Å²) in [6.45, 7) is 0. The van der Waals surface area contributed by atoms with Crippen LogP contribution in [0.15, 0.2) is 34.9 Å². The van der Waals surface area contributed by atoms with Crippen molar-refractivity contribution < 1.29 is 22.1 Å². The minimum absolute atomic E-state index is 0.0522. The molecule has 5 nitrogen and oxygen atoms in total. The van der Waals surface area contributed by atoms with E-state index < -0.39 is 17.3 Å². The molecule has 0 spiro atoms. The van der Waals surface area contributed by atoms with E-state index in [4.69, 9.17) is 4.52 Å². The molecule has 0 radical (unpaired) electrons. The number of alkyl halides is 3. The highest BCUT2D eigenvalue weighted by molar-refractivity contribution is 5.49. The molecule has 2 aromatic heterocycles. The summed E-state index contributed by atoms with van der Waals surface area (Å²) in [6.07, 6.45) is -3.10. The van der Waals surface area contributed by atoms with Gasteiger partial charge in [0.1, 0.15) is 11.5 Å². The van der Waals surface area contributed by atoms with Crippen molar-refractivity contribution in [3.8, 4) is 11.6 Å². The summed E-state index contributed by atoms with van der Waals surface area (Å²) in [5.74, 6) is -0.136. The normalized spacial score (nSPS) is 16.2. The van der Waals surface area contributed by atoms with Gasteiger partial charge in [-0.3, -0.25) is 4.68 Å². The van der Waals surface area contributed by atoms with Gasteiger partial charge in [-0.05, 0) is 30.5 Å². The third kappa shape index (κ3) is 2.59. The van der Waals surface area contributed by atoms with Gasteiger partial charge in [-0.1, -0.05) is 17.3 Å². The second-order valence-electron chi connectivity index (χ2n) is 6.05. The van der Waals surface area contributed by atoms with E-state index in [1.165, 1.54) is 19.2 Å². The third-order valence-electron chi connectivity index (χ3n) is 4.37. The zero-order valence-electron chi connectivity index (χ0n) is 13.0. The molecule has 2 heterocycles. The zero-order valence-corrected chi connectivity index (χ0v) is 13.0. The third-order valence-corrected chi connectivity index (χ3v) is 4.37. The standard InChI is InChI=1S/C16H12F4N4O/c1-24-12(16(18,19)20)8-11(22-24)13-21-14(23-25-13)15(5-6-15)9-3-2-4-10(17)7-9/h2-4,7-8H,5-6H2,1H3. The molecule has 1 aliphatic rings. The molecular formula is C16H12F4N4O. The number of nitrogens with zero attached hydrogens (tertiary/aromatic N) is 4. The van der Waals surface area contributed by atoms with E-state index in [2.05, 4.69) is 15.2 Å². The number of aromatic nitrogens is 4. The fourth-order valence-electron chi connectivity index (χ4n) is 2.91. The Morgan fingerprint density at radius 2 is 1.96 bits per heavy atom. The zero-order chi connectivity index (χ0) is 17.8. The Labute approximate surface area is 139 Å². The van der Waals surface area contributed by atoms with Crippen molar-refractivity contribution in [3.63, 3.8) is 0 Å². The Bertz CT molecular complexity index is 940. The summed E-state index contributed by atoms with van der Waals surface area (Å²) in [5, 5.41) is 7.69. The van der Waals surface area contributed by atoms with Gasteiger partial charge in [0.25, 0.3) is 5.89 Å². The topological polar surface area (TPSA) is 56.7 Å². The van der Waals surface area contributed by atoms with Crippen LogP contribution in [0.25, 0.3) is 11.6 Å². The number of aryl methyl sites for hydroxylation is 1. The summed E-state index contributed by atoms with van der Waals surface area (Å²) in [5.41, 5.74) is -0.792. The molecule has 130 valence electrons. The molecule has 0 unspecified atom stereocenters. The first-order valence-electron chi connectivity index (χ1n) is 7.51. The number of hydrogen-bond acceptors (Lipinski definition) is 4. The predicted molar refractivity (Wildman–Crippen MR) is 77.9 cm³/mol. The molecule has 0 aliphatic heterocycles. The molecule has 9 heteroatoms. The lowest BCUT2D eigenvalue weighted by molar-refractivity contribution is -0.143. The van der Waals surface area contributed by atoms with Crippen LogP contribution in [0.2, 0.25) is 0 Å². The number of rotatable bonds is 3. The monoisotopic (exact) mass is 352 g/mol. The summed E-state index contributed by atoms with van der Waals surface area (Å²) >= 11 is 0. The fourth-order valence-corrected chi connectivity index (χ4v) is 2.91. The van der Waals surface area contributed by atoms with Crippen molar-refractivity contribution >= 4 is 0 Å². The van der Waals surface area contributed by atoms with Gasteiger partial charge < -0.3 is 4.52 Å². The SMILES string of the molecule is Cn1nc(-c2nc(C3(c4cccc(F)c4)CC3)no2)cc1C(F)(F)F. The molecule has 1 aromatic carbocycles. The highest BCUT2D eigenvalue weighted by Crippen LogP contribution is 2.52. The molecule has 0 saturated heterocycles. The van der Waals surface area contributed by atoms with Crippen molar-refractivity contribution in [1.29, 1.82) is 0 Å². The molecule has 1 fully saturated rings. The highest BCUT2D eigenvalue weighted by atomic mass is 19.4. The van der Waals surface area contributed by atoms with Crippen LogP contribution in [0.5, 0.6) is 0 Å². The van der Waals surface area contributed by atoms with E-state index in [0.29, 0.717) is 18.7 Å². The number of benzene rings is 1. The molecule has 1 aliphatic carbocycles. The molecule has 0 atom stereocenters. The predicted octanol–water partition coefficient (Wildman–Crippen LogP) is 3.71. The first-order valence-corrected chi connectivity index (χ1v) is 7.51. The molecule has 1 saturated carbocycles. The largest absolute Gasteiger partial charge is 0.433 e. The van der Waals surface area contributed by atoms with Gasteiger partial charge in [0, 0.05) is 13.1 Å². The van der Waals surface area contributed by atoms with Crippen LogP contribution in [-0.2, 0) is 18.6 Å². The summed E-state index contributed by atoms with van der Waals surface area (Å²) < 4.78 is 58.0. The van der Waals surface area contributed by atoms with Gasteiger partial charge in [0.05, 0.1) is 5.41 Å². The minimum Gasteiger partial charge on any atom is -0.332 e. The van der Waals surface area contributed by atoms with Gasteiger partial charge in [-0.15, -0.1) is 0 Å². The van der Waals surface area contributed by atoms with E-state index in [1.54, 1.807) is 12.1 Å². The van der Waals surface area contributed by atoms with Crippen LogP contribution >= 0.6 is 0 Å². The molecule has 25 heavy (non-hydrogen) atoms. The number of halogens is 4. The first-order chi connectivity index (χ1) is 11.8. The lowest BCUT2D eigenvalue weighted by Gasteiger charge is -2.10. The van der Waals surface area contributed by atoms with E-state index in [-0.39, 0.29) is 17.4 Å². The van der Waals surface area contributed by atoms with Crippen LogP contribution in [-0.4, -0.2) is 19.9 Å². The maximum Gasteiger partial charge on any atom is 0.433 e. The Balaban J connectivity index is 1.70. The second-order valence-corrected chi connectivity index (χ2v) is 6.05. The Hall–Kier alpha value is -2.71. The molecule has 0 amide bonds. The minimum atomic E-state index is -4.53. The highest BCUT2D eigenvalue weighted by Gasteiger charge is 2.50. The Kier molecular flexibility index (Phi) is 3.25. The van der Waals surface area contributed by atoms with Gasteiger partial charge in [-0.25, -0.2) is 4.39 Å². The van der Waals surface area contributed by atoms with Crippen LogP contribution in [0.1, 0.15) is 29.9 Å². The van der Waals surface area contributed by atoms with Gasteiger partial charge in [0.15, 0.2) is 11.5 Å². The molecule has 3 aromatic rings. The summed E-state index contributed by atoms with van der Waals surface area (Å²) in [4.78, 5) is 4.21. The summed E-state index contributed by atoms with van der Waals surface area (Å²) in [6, 6.07) is 6.98. The van der Waals surface area contributed by atoms with Crippen LogP contribution < -0.4 is 0 Å². The van der Waals surface area contributed by atoms with Gasteiger partial charge >= 0.3 is 6.18 Å². The van der Waals surface area contributed by atoms with Crippen molar-refractivity contribution in [1.82, 2.24) is 19.9 Å². The molecule has 4 rings (SSSR count). The van der Waals surface area contributed by atoms with Crippen LogP contribution in [0.4, 0.5) is 17.6 Å². The molecule has 0 bridgehead atoms. The van der Waals surface area contributed by atoms with E-state index >= 15 is 0 Å². The van der Waals surface area contributed by atoms with Crippen molar-refractivity contribution in [2.24, 2.45) is 7.05 Å². The van der Waals surface area contributed by atoms with Crippen LogP contribution in [0, 0.1) is 5.82 Å². The fraction of sp³-hybridized carbons (Fsp3) is 0.312.